The third-order valence-electron chi connectivity index (χ3n) is 2.42. The number of nitrogens with zero attached hydrogens (tertiary/aromatic N) is 2. The van der Waals surface area contributed by atoms with Gasteiger partial charge in [0.1, 0.15) is 0 Å². The van der Waals surface area contributed by atoms with Crippen molar-refractivity contribution in [2.75, 3.05) is 25.5 Å². The highest BCUT2D eigenvalue weighted by Crippen LogP contribution is 2.25. The number of hydrogen-bond donors (Lipinski definition) is 1. The molecular weight excluding hydrogens is 218 g/mol. The lowest BCUT2D eigenvalue weighted by atomic mass is 9.96. The van der Waals surface area contributed by atoms with Crippen molar-refractivity contribution >= 4 is 16.5 Å². The highest BCUT2D eigenvalue weighted by atomic mass is 32.1. The van der Waals surface area contributed by atoms with Crippen LogP contribution in [-0.4, -0.2) is 25.6 Å². The van der Waals surface area contributed by atoms with Gasteiger partial charge in [-0.15, -0.1) is 11.3 Å². The van der Waals surface area contributed by atoms with Crippen molar-refractivity contribution < 1.29 is 0 Å². The van der Waals surface area contributed by atoms with E-state index in [-0.39, 0.29) is 0 Å². The van der Waals surface area contributed by atoms with Crippen LogP contribution in [0.3, 0.4) is 0 Å². The second kappa shape index (κ2) is 5.15. The predicted octanol–water partition coefficient (Wildman–Crippen LogP) is 2.91. The summed E-state index contributed by atoms with van der Waals surface area (Å²) in [5, 5.41) is 6.45. The topological polar surface area (TPSA) is 28.2 Å². The van der Waals surface area contributed by atoms with Gasteiger partial charge in [0.15, 0.2) is 5.13 Å². The molecule has 1 aromatic rings. The summed E-state index contributed by atoms with van der Waals surface area (Å²) in [6, 6.07) is 0.327. The standard InChI is InChI=1S/C12H23N3S/c1-9(13-5)10-7-16-11(14-10)15(6)8-12(2,3)4/h7,9,13H,8H2,1-6H3. The van der Waals surface area contributed by atoms with E-state index >= 15 is 0 Å². The predicted molar refractivity (Wildman–Crippen MR) is 72.3 cm³/mol. The van der Waals surface area contributed by atoms with Gasteiger partial charge in [0, 0.05) is 25.0 Å². The smallest absolute Gasteiger partial charge is 0.185 e. The average molecular weight is 241 g/mol. The minimum Gasteiger partial charge on any atom is -0.351 e. The quantitative estimate of drug-likeness (QED) is 0.878. The van der Waals surface area contributed by atoms with Gasteiger partial charge in [-0.05, 0) is 19.4 Å². The lowest BCUT2D eigenvalue weighted by molar-refractivity contribution is 0.418. The molecule has 0 bridgehead atoms. The molecule has 1 unspecified atom stereocenters. The van der Waals surface area contributed by atoms with Crippen molar-refractivity contribution in [1.82, 2.24) is 10.3 Å². The van der Waals surface area contributed by atoms with Crippen LogP contribution in [0, 0.1) is 5.41 Å². The summed E-state index contributed by atoms with van der Waals surface area (Å²) >= 11 is 1.72. The van der Waals surface area contributed by atoms with Crippen LogP contribution < -0.4 is 10.2 Å². The van der Waals surface area contributed by atoms with Crippen molar-refractivity contribution in [3.63, 3.8) is 0 Å². The summed E-state index contributed by atoms with van der Waals surface area (Å²) in [6.45, 7) is 9.88. The number of nitrogens with one attached hydrogen (secondary N) is 1. The molecule has 1 heterocycles. The SMILES string of the molecule is CNC(C)c1csc(N(C)CC(C)(C)C)n1. The largest absolute Gasteiger partial charge is 0.351 e. The van der Waals surface area contributed by atoms with E-state index in [0.29, 0.717) is 11.5 Å². The first-order valence-electron chi connectivity index (χ1n) is 5.67. The number of aromatic nitrogens is 1. The molecule has 0 radical (unpaired) electrons. The summed E-state index contributed by atoms with van der Waals surface area (Å²) in [4.78, 5) is 6.88. The Kier molecular flexibility index (Phi) is 4.33. The molecule has 0 aliphatic heterocycles. The van der Waals surface area contributed by atoms with Crippen molar-refractivity contribution in [2.45, 2.75) is 33.7 Å². The third-order valence-corrected chi connectivity index (χ3v) is 3.40. The fourth-order valence-electron chi connectivity index (χ4n) is 1.58. The fourth-order valence-corrected chi connectivity index (χ4v) is 2.46. The molecule has 0 aliphatic carbocycles. The van der Waals surface area contributed by atoms with E-state index in [1.54, 1.807) is 11.3 Å². The van der Waals surface area contributed by atoms with Crippen LogP contribution in [0.1, 0.15) is 39.4 Å². The maximum atomic E-state index is 4.65. The van der Waals surface area contributed by atoms with Crippen molar-refractivity contribution in [1.29, 1.82) is 0 Å². The second-order valence-electron chi connectivity index (χ2n) is 5.48. The Balaban J connectivity index is 2.70. The summed E-state index contributed by atoms with van der Waals surface area (Å²) in [5.74, 6) is 0. The van der Waals surface area contributed by atoms with Crippen molar-refractivity contribution in [3.8, 4) is 0 Å². The maximum absolute atomic E-state index is 4.65. The van der Waals surface area contributed by atoms with Crippen LogP contribution in [0.5, 0.6) is 0 Å². The van der Waals surface area contributed by atoms with Crippen LogP contribution >= 0.6 is 11.3 Å². The molecule has 0 fully saturated rings. The lowest BCUT2D eigenvalue weighted by Gasteiger charge is -2.26. The first kappa shape index (κ1) is 13.5. The normalized spacial score (nSPS) is 13.9. The summed E-state index contributed by atoms with van der Waals surface area (Å²) in [5.41, 5.74) is 1.43. The molecule has 1 N–H and O–H groups in total. The van der Waals surface area contributed by atoms with Crippen LogP contribution in [-0.2, 0) is 0 Å². The molecule has 16 heavy (non-hydrogen) atoms. The first-order valence-corrected chi connectivity index (χ1v) is 6.55. The second-order valence-corrected chi connectivity index (χ2v) is 6.32. The first-order chi connectivity index (χ1) is 7.33. The zero-order valence-electron chi connectivity index (χ0n) is 11.2. The molecule has 0 aromatic carbocycles. The monoisotopic (exact) mass is 241 g/mol. The molecule has 4 heteroatoms. The minimum atomic E-state index is 0.301. The van der Waals surface area contributed by atoms with Gasteiger partial charge in [-0.3, -0.25) is 0 Å². The Labute approximate surface area is 103 Å². The van der Waals surface area contributed by atoms with E-state index in [2.05, 4.69) is 55.3 Å². The molecule has 1 atom stereocenters. The molecular formula is C12H23N3S. The highest BCUT2D eigenvalue weighted by Gasteiger charge is 2.17. The Morgan fingerprint density at radius 2 is 2.12 bits per heavy atom. The highest BCUT2D eigenvalue weighted by molar-refractivity contribution is 7.13. The van der Waals surface area contributed by atoms with E-state index in [0.717, 1.165) is 17.4 Å². The molecule has 3 nitrogen and oxygen atoms in total. The summed E-state index contributed by atoms with van der Waals surface area (Å²) < 4.78 is 0. The molecule has 1 aromatic heterocycles. The zero-order chi connectivity index (χ0) is 12.3. The Hall–Kier alpha value is -0.610. The number of hydrogen-bond acceptors (Lipinski definition) is 4. The maximum Gasteiger partial charge on any atom is 0.185 e. The Bertz CT molecular complexity index is 327. The summed E-state index contributed by atoms with van der Waals surface area (Å²) in [7, 11) is 4.07. The molecule has 0 amide bonds. The molecule has 0 saturated carbocycles. The van der Waals surface area contributed by atoms with Crippen LogP contribution in [0.25, 0.3) is 0 Å². The van der Waals surface area contributed by atoms with Crippen molar-refractivity contribution in [3.05, 3.63) is 11.1 Å². The average Bonchev–Trinajstić information content (AvgIpc) is 2.62. The van der Waals surface area contributed by atoms with Crippen molar-refractivity contribution in [2.24, 2.45) is 5.41 Å². The number of anilines is 1. The van der Waals surface area contributed by atoms with E-state index in [1.165, 1.54) is 0 Å². The van der Waals surface area contributed by atoms with E-state index < -0.39 is 0 Å². The molecule has 0 spiro atoms. The molecule has 0 saturated heterocycles. The molecule has 92 valence electrons. The van der Waals surface area contributed by atoms with Crippen LogP contribution in [0.4, 0.5) is 5.13 Å². The van der Waals surface area contributed by atoms with E-state index in [1.807, 2.05) is 7.05 Å². The lowest BCUT2D eigenvalue weighted by Crippen LogP contribution is -2.29. The van der Waals surface area contributed by atoms with Gasteiger partial charge in [0.05, 0.1) is 5.69 Å². The zero-order valence-corrected chi connectivity index (χ0v) is 12.0. The van der Waals surface area contributed by atoms with Gasteiger partial charge in [-0.25, -0.2) is 4.98 Å². The molecule has 0 aliphatic rings. The molecule has 1 rings (SSSR count). The fraction of sp³-hybridized carbons (Fsp3) is 0.750. The van der Waals surface area contributed by atoms with Gasteiger partial charge < -0.3 is 10.2 Å². The Morgan fingerprint density at radius 3 is 2.62 bits per heavy atom. The van der Waals surface area contributed by atoms with Gasteiger partial charge in [-0.1, -0.05) is 20.8 Å². The van der Waals surface area contributed by atoms with Gasteiger partial charge in [0.2, 0.25) is 0 Å². The van der Waals surface area contributed by atoms with Gasteiger partial charge in [-0.2, -0.15) is 0 Å². The van der Waals surface area contributed by atoms with Crippen LogP contribution in [0.15, 0.2) is 5.38 Å². The van der Waals surface area contributed by atoms with E-state index in [4.69, 9.17) is 0 Å². The number of rotatable bonds is 4. The Morgan fingerprint density at radius 1 is 1.50 bits per heavy atom. The van der Waals surface area contributed by atoms with E-state index in [9.17, 15) is 0 Å². The van der Waals surface area contributed by atoms with Gasteiger partial charge >= 0.3 is 0 Å². The van der Waals surface area contributed by atoms with Crippen LogP contribution in [0.2, 0.25) is 0 Å². The van der Waals surface area contributed by atoms with Gasteiger partial charge in [0.25, 0.3) is 0 Å². The minimum absolute atomic E-state index is 0.301. The number of thiazole rings is 1. The summed E-state index contributed by atoms with van der Waals surface area (Å²) in [6.07, 6.45) is 0. The third kappa shape index (κ3) is 3.76.